The second-order valence-electron chi connectivity index (χ2n) is 4.63. The minimum atomic E-state index is 0.389. The lowest BCUT2D eigenvalue weighted by Crippen LogP contribution is -2.35. The van der Waals surface area contributed by atoms with Crippen molar-refractivity contribution in [1.82, 2.24) is 0 Å². The second-order valence-corrected chi connectivity index (χ2v) is 4.63. The zero-order valence-electron chi connectivity index (χ0n) is 9.71. The lowest BCUT2D eigenvalue weighted by molar-refractivity contribution is 0.332. The molecule has 0 spiro atoms. The Labute approximate surface area is 91.4 Å². The van der Waals surface area contributed by atoms with Crippen LogP contribution in [0.2, 0.25) is 0 Å². The zero-order valence-corrected chi connectivity index (χ0v) is 9.71. The summed E-state index contributed by atoms with van der Waals surface area (Å²) in [7, 11) is 1.75. The molecule has 15 heavy (non-hydrogen) atoms. The van der Waals surface area contributed by atoms with Gasteiger partial charge in [0.25, 0.3) is 0 Å². The summed E-state index contributed by atoms with van der Waals surface area (Å²) in [5.41, 5.74) is 9.72. The summed E-state index contributed by atoms with van der Waals surface area (Å²) in [5.74, 6) is 1.66. The van der Waals surface area contributed by atoms with E-state index in [1.807, 2.05) is 0 Å². The molecule has 0 amide bonds. The summed E-state index contributed by atoms with van der Waals surface area (Å²) in [6.07, 6.45) is 2.19. The van der Waals surface area contributed by atoms with Gasteiger partial charge in [-0.3, -0.25) is 0 Å². The van der Waals surface area contributed by atoms with E-state index in [9.17, 15) is 0 Å². The molecule has 2 heteroatoms. The van der Waals surface area contributed by atoms with Crippen LogP contribution in [0.5, 0.6) is 5.75 Å². The Morgan fingerprint density at radius 1 is 1.27 bits per heavy atom. The van der Waals surface area contributed by atoms with Gasteiger partial charge in [0.05, 0.1) is 7.11 Å². The molecule has 1 aromatic carbocycles. The minimum absolute atomic E-state index is 0.389. The summed E-state index contributed by atoms with van der Waals surface area (Å²) in [4.78, 5) is 0. The maximum Gasteiger partial charge on any atom is 0.125 e. The molecule has 2 rings (SSSR count). The monoisotopic (exact) mass is 205 g/mol. The minimum Gasteiger partial charge on any atom is -0.496 e. The van der Waals surface area contributed by atoms with Crippen LogP contribution < -0.4 is 10.5 Å². The van der Waals surface area contributed by atoms with Gasteiger partial charge in [-0.1, -0.05) is 17.7 Å². The van der Waals surface area contributed by atoms with Crippen LogP contribution in [-0.2, 0) is 0 Å². The van der Waals surface area contributed by atoms with Crippen molar-refractivity contribution in [2.45, 2.75) is 38.6 Å². The number of nitrogens with two attached hydrogens (primary N) is 1. The molecule has 0 heterocycles. The number of hydrogen-bond acceptors (Lipinski definition) is 2. The van der Waals surface area contributed by atoms with Gasteiger partial charge in [0, 0.05) is 6.04 Å². The second kappa shape index (κ2) is 3.86. The van der Waals surface area contributed by atoms with E-state index in [4.69, 9.17) is 10.5 Å². The summed E-state index contributed by atoms with van der Waals surface area (Å²) >= 11 is 0. The van der Waals surface area contributed by atoms with Crippen molar-refractivity contribution in [1.29, 1.82) is 0 Å². The van der Waals surface area contributed by atoms with Gasteiger partial charge in [-0.05, 0) is 43.7 Å². The number of hydrogen-bond donors (Lipinski definition) is 1. The van der Waals surface area contributed by atoms with Crippen molar-refractivity contribution in [2.75, 3.05) is 7.11 Å². The molecule has 1 aromatic rings. The van der Waals surface area contributed by atoms with Crippen molar-refractivity contribution in [3.8, 4) is 5.75 Å². The third-order valence-corrected chi connectivity index (χ3v) is 3.27. The molecule has 2 N–H and O–H groups in total. The number of aryl methyl sites for hydroxylation is 2. The van der Waals surface area contributed by atoms with E-state index >= 15 is 0 Å². The van der Waals surface area contributed by atoms with Crippen LogP contribution in [0.1, 0.15) is 35.4 Å². The molecular weight excluding hydrogens is 186 g/mol. The fourth-order valence-electron chi connectivity index (χ4n) is 2.49. The molecule has 0 aliphatic heterocycles. The molecule has 1 saturated carbocycles. The molecule has 0 aromatic heterocycles. The number of benzene rings is 1. The van der Waals surface area contributed by atoms with E-state index in [0.29, 0.717) is 12.0 Å². The van der Waals surface area contributed by atoms with Crippen LogP contribution in [0.15, 0.2) is 12.1 Å². The Morgan fingerprint density at radius 2 is 1.93 bits per heavy atom. The smallest absolute Gasteiger partial charge is 0.125 e. The fourth-order valence-corrected chi connectivity index (χ4v) is 2.49. The highest BCUT2D eigenvalue weighted by Crippen LogP contribution is 2.41. The Morgan fingerprint density at radius 3 is 2.47 bits per heavy atom. The van der Waals surface area contributed by atoms with Crippen molar-refractivity contribution in [3.63, 3.8) is 0 Å². The Hall–Kier alpha value is -1.02. The van der Waals surface area contributed by atoms with Crippen LogP contribution >= 0.6 is 0 Å². The molecule has 82 valence electrons. The van der Waals surface area contributed by atoms with Gasteiger partial charge in [0.15, 0.2) is 0 Å². The van der Waals surface area contributed by atoms with Crippen LogP contribution in [0.4, 0.5) is 0 Å². The SMILES string of the molecule is COc1c(C)cc(C)cc1C1CC(N)C1. The normalized spacial score (nSPS) is 24.8. The van der Waals surface area contributed by atoms with Crippen molar-refractivity contribution < 1.29 is 4.74 Å². The zero-order chi connectivity index (χ0) is 11.0. The number of ether oxygens (including phenoxy) is 1. The van der Waals surface area contributed by atoms with Crippen LogP contribution in [0.3, 0.4) is 0 Å². The maximum atomic E-state index is 5.83. The van der Waals surface area contributed by atoms with Crippen molar-refractivity contribution >= 4 is 0 Å². The molecule has 1 aliphatic carbocycles. The summed E-state index contributed by atoms with van der Waals surface area (Å²) in [6, 6.07) is 4.80. The topological polar surface area (TPSA) is 35.2 Å². The first-order valence-electron chi connectivity index (χ1n) is 5.52. The van der Waals surface area contributed by atoms with Crippen LogP contribution in [0, 0.1) is 13.8 Å². The molecule has 2 nitrogen and oxygen atoms in total. The van der Waals surface area contributed by atoms with E-state index in [-0.39, 0.29) is 0 Å². The van der Waals surface area contributed by atoms with Crippen molar-refractivity contribution in [2.24, 2.45) is 5.73 Å². The van der Waals surface area contributed by atoms with Gasteiger partial charge in [-0.2, -0.15) is 0 Å². The van der Waals surface area contributed by atoms with Gasteiger partial charge in [0.2, 0.25) is 0 Å². The Bertz CT molecular complexity index is 367. The predicted molar refractivity (Wildman–Crippen MR) is 62.4 cm³/mol. The fraction of sp³-hybridized carbons (Fsp3) is 0.538. The Balaban J connectivity index is 2.36. The average molecular weight is 205 g/mol. The quantitative estimate of drug-likeness (QED) is 0.805. The molecular formula is C13H19NO. The first kappa shape index (κ1) is 10.5. The lowest BCUT2D eigenvalue weighted by Gasteiger charge is -2.34. The number of methoxy groups -OCH3 is 1. The van der Waals surface area contributed by atoms with Gasteiger partial charge in [-0.15, -0.1) is 0 Å². The lowest BCUT2D eigenvalue weighted by atomic mass is 9.75. The standard InChI is InChI=1S/C13H19NO/c1-8-4-9(2)13(15-3)12(5-8)10-6-11(14)7-10/h4-5,10-11H,6-7,14H2,1-3H3. The Kier molecular flexibility index (Phi) is 2.70. The molecule has 0 saturated heterocycles. The number of rotatable bonds is 2. The van der Waals surface area contributed by atoms with Gasteiger partial charge < -0.3 is 10.5 Å². The summed E-state index contributed by atoms with van der Waals surface area (Å²) < 4.78 is 5.48. The van der Waals surface area contributed by atoms with E-state index in [0.717, 1.165) is 18.6 Å². The van der Waals surface area contributed by atoms with Gasteiger partial charge >= 0.3 is 0 Å². The summed E-state index contributed by atoms with van der Waals surface area (Å²) in [5, 5.41) is 0. The highest BCUT2D eigenvalue weighted by molar-refractivity contribution is 5.46. The maximum absolute atomic E-state index is 5.83. The average Bonchev–Trinajstić information content (AvgIpc) is 2.12. The highest BCUT2D eigenvalue weighted by Gasteiger charge is 2.30. The van der Waals surface area contributed by atoms with E-state index in [1.165, 1.54) is 16.7 Å². The van der Waals surface area contributed by atoms with Gasteiger partial charge in [0.1, 0.15) is 5.75 Å². The molecule has 0 unspecified atom stereocenters. The van der Waals surface area contributed by atoms with E-state index < -0.39 is 0 Å². The molecule has 0 bridgehead atoms. The molecule has 1 fully saturated rings. The first-order chi connectivity index (χ1) is 7.11. The van der Waals surface area contributed by atoms with Crippen LogP contribution in [0.25, 0.3) is 0 Å². The third-order valence-electron chi connectivity index (χ3n) is 3.27. The molecule has 0 atom stereocenters. The van der Waals surface area contributed by atoms with E-state index in [2.05, 4.69) is 26.0 Å². The largest absolute Gasteiger partial charge is 0.496 e. The predicted octanol–water partition coefficient (Wildman–Crippen LogP) is 2.52. The highest BCUT2D eigenvalue weighted by atomic mass is 16.5. The first-order valence-corrected chi connectivity index (χ1v) is 5.52. The van der Waals surface area contributed by atoms with E-state index in [1.54, 1.807) is 7.11 Å². The van der Waals surface area contributed by atoms with Crippen LogP contribution in [-0.4, -0.2) is 13.2 Å². The molecule has 1 aliphatic rings. The third kappa shape index (κ3) is 1.86. The van der Waals surface area contributed by atoms with Gasteiger partial charge in [-0.25, -0.2) is 0 Å². The summed E-state index contributed by atoms with van der Waals surface area (Å²) in [6.45, 7) is 4.24. The molecule has 0 radical (unpaired) electrons. The van der Waals surface area contributed by atoms with Crippen molar-refractivity contribution in [3.05, 3.63) is 28.8 Å².